The molecular weight excluding hydrogens is 372 g/mol. The van der Waals surface area contributed by atoms with Gasteiger partial charge in [0.1, 0.15) is 0 Å². The van der Waals surface area contributed by atoms with Gasteiger partial charge in [0.15, 0.2) is 5.69 Å². The van der Waals surface area contributed by atoms with Gasteiger partial charge in [0.2, 0.25) is 15.0 Å². The van der Waals surface area contributed by atoms with Crippen LogP contribution in [0.4, 0.5) is 13.2 Å². The highest BCUT2D eigenvalue weighted by Crippen LogP contribution is 2.33. The highest BCUT2D eigenvalue weighted by atomic mass is 127. The van der Waals surface area contributed by atoms with Gasteiger partial charge in [-0.3, -0.25) is 0 Å². The summed E-state index contributed by atoms with van der Waals surface area (Å²) in [5.74, 6) is 0. The average molecular weight is 378 g/mol. The van der Waals surface area contributed by atoms with Crippen molar-refractivity contribution in [3.63, 3.8) is 0 Å². The van der Waals surface area contributed by atoms with Crippen LogP contribution < -0.4 is 0 Å². The largest absolute Gasteiger partial charge is 0.434 e. The lowest BCUT2D eigenvalue weighted by atomic mass is 10.3. The Morgan fingerprint density at radius 3 is 2.24 bits per heavy atom. The monoisotopic (exact) mass is 378 g/mol. The molecule has 0 bridgehead atoms. The van der Waals surface area contributed by atoms with E-state index in [9.17, 15) is 21.6 Å². The van der Waals surface area contributed by atoms with E-state index < -0.39 is 26.9 Å². The SMILES string of the molecule is C=Cc1nc(S(C)(=O)=O)nc(C(F)(F)F)c1I. The first-order chi connectivity index (χ1) is 7.57. The number of alkyl halides is 3. The smallest absolute Gasteiger partial charge is 0.221 e. The average Bonchev–Trinajstić information content (AvgIpc) is 2.14. The Labute approximate surface area is 109 Å². The quantitative estimate of drug-likeness (QED) is 0.585. The Morgan fingerprint density at radius 1 is 1.35 bits per heavy atom. The minimum absolute atomic E-state index is 0.159. The highest BCUT2D eigenvalue weighted by molar-refractivity contribution is 14.1. The molecule has 1 heterocycles. The Bertz CT molecular complexity index is 569. The van der Waals surface area contributed by atoms with Crippen LogP contribution in [0.25, 0.3) is 6.08 Å². The number of aromatic nitrogens is 2. The summed E-state index contributed by atoms with van der Waals surface area (Å²) in [6.07, 6.45) is -2.95. The van der Waals surface area contributed by atoms with Crippen molar-refractivity contribution in [2.24, 2.45) is 0 Å². The van der Waals surface area contributed by atoms with Crippen molar-refractivity contribution < 1.29 is 21.6 Å². The lowest BCUT2D eigenvalue weighted by molar-refractivity contribution is -0.142. The second kappa shape index (κ2) is 4.52. The summed E-state index contributed by atoms with van der Waals surface area (Å²) in [4.78, 5) is 6.56. The summed E-state index contributed by atoms with van der Waals surface area (Å²) < 4.78 is 59.9. The normalized spacial score (nSPS) is 12.5. The standard InChI is InChI=1S/C8H6F3IN2O2S/c1-3-4-5(12)6(8(9,10)11)14-7(13-4)17(2,15)16/h3H,1H2,2H3. The maximum Gasteiger partial charge on any atom is 0.434 e. The maximum atomic E-state index is 12.6. The van der Waals surface area contributed by atoms with Gasteiger partial charge in [-0.15, -0.1) is 0 Å². The van der Waals surface area contributed by atoms with E-state index in [4.69, 9.17) is 0 Å². The van der Waals surface area contributed by atoms with Gasteiger partial charge in [0.25, 0.3) is 0 Å². The van der Waals surface area contributed by atoms with Crippen molar-refractivity contribution in [1.82, 2.24) is 9.97 Å². The van der Waals surface area contributed by atoms with E-state index in [1.807, 2.05) is 0 Å². The molecule has 0 saturated heterocycles. The summed E-state index contributed by atoms with van der Waals surface area (Å²) >= 11 is 1.40. The van der Waals surface area contributed by atoms with Crippen molar-refractivity contribution in [2.75, 3.05) is 6.26 Å². The van der Waals surface area contributed by atoms with E-state index in [-0.39, 0.29) is 9.26 Å². The lowest BCUT2D eigenvalue weighted by Crippen LogP contribution is -2.17. The number of halogens is 4. The first-order valence-corrected chi connectivity index (χ1v) is 7.01. The van der Waals surface area contributed by atoms with Crippen molar-refractivity contribution in [2.45, 2.75) is 11.3 Å². The molecule has 9 heteroatoms. The van der Waals surface area contributed by atoms with Crippen LogP contribution in [0.1, 0.15) is 11.4 Å². The molecule has 0 saturated carbocycles. The molecule has 0 aliphatic rings. The fourth-order valence-corrected chi connectivity index (χ4v) is 2.22. The van der Waals surface area contributed by atoms with Gasteiger partial charge in [0, 0.05) is 6.26 Å². The van der Waals surface area contributed by atoms with E-state index >= 15 is 0 Å². The van der Waals surface area contributed by atoms with Crippen LogP contribution in [0.2, 0.25) is 0 Å². The fourth-order valence-electron chi connectivity index (χ4n) is 0.932. The third-order valence-electron chi connectivity index (χ3n) is 1.65. The predicted octanol–water partition coefficient (Wildman–Crippen LogP) is 2.15. The van der Waals surface area contributed by atoms with E-state index in [2.05, 4.69) is 16.5 Å². The maximum absolute atomic E-state index is 12.6. The first kappa shape index (κ1) is 14.4. The van der Waals surface area contributed by atoms with Crippen LogP contribution >= 0.6 is 22.6 Å². The first-order valence-electron chi connectivity index (χ1n) is 4.04. The molecule has 0 fully saturated rings. The third kappa shape index (κ3) is 3.15. The molecule has 0 aliphatic heterocycles. The second-order valence-electron chi connectivity index (χ2n) is 3.03. The lowest BCUT2D eigenvalue weighted by Gasteiger charge is -2.10. The zero-order chi connectivity index (χ0) is 13.4. The van der Waals surface area contributed by atoms with Gasteiger partial charge >= 0.3 is 6.18 Å². The molecule has 0 unspecified atom stereocenters. The van der Waals surface area contributed by atoms with E-state index in [1.54, 1.807) is 0 Å². The van der Waals surface area contributed by atoms with Crippen LogP contribution in [0.15, 0.2) is 11.7 Å². The molecule has 0 spiro atoms. The Kier molecular flexibility index (Phi) is 3.81. The summed E-state index contributed by atoms with van der Waals surface area (Å²) in [5, 5.41) is -0.861. The van der Waals surface area contributed by atoms with Crippen LogP contribution in [-0.4, -0.2) is 24.6 Å². The Balaban J connectivity index is 3.68. The predicted molar refractivity (Wildman–Crippen MR) is 63.0 cm³/mol. The van der Waals surface area contributed by atoms with E-state index in [0.29, 0.717) is 0 Å². The molecule has 0 N–H and O–H groups in total. The summed E-state index contributed by atoms with van der Waals surface area (Å²) in [7, 11) is -3.91. The van der Waals surface area contributed by atoms with Crippen molar-refractivity contribution in [1.29, 1.82) is 0 Å². The zero-order valence-electron chi connectivity index (χ0n) is 8.42. The fraction of sp³-hybridized carbons (Fsp3) is 0.250. The highest BCUT2D eigenvalue weighted by Gasteiger charge is 2.37. The summed E-state index contributed by atoms with van der Waals surface area (Å²) in [5.41, 5.74) is -1.43. The molecular formula is C8H6F3IN2O2S. The zero-order valence-corrected chi connectivity index (χ0v) is 11.4. The van der Waals surface area contributed by atoms with E-state index in [1.165, 1.54) is 22.6 Å². The minimum atomic E-state index is -4.74. The summed E-state index contributed by atoms with van der Waals surface area (Å²) in [6, 6.07) is 0. The van der Waals surface area contributed by atoms with Gasteiger partial charge < -0.3 is 0 Å². The molecule has 1 aromatic rings. The molecule has 0 atom stereocenters. The number of hydrogen-bond acceptors (Lipinski definition) is 4. The number of hydrogen-bond donors (Lipinski definition) is 0. The van der Waals surface area contributed by atoms with Gasteiger partial charge in [-0.1, -0.05) is 6.58 Å². The number of sulfone groups is 1. The van der Waals surface area contributed by atoms with Gasteiger partial charge in [-0.2, -0.15) is 13.2 Å². The molecule has 94 valence electrons. The molecule has 0 radical (unpaired) electrons. The molecule has 0 amide bonds. The molecule has 0 aliphatic carbocycles. The van der Waals surface area contributed by atoms with Crippen molar-refractivity contribution in [3.8, 4) is 0 Å². The molecule has 0 aromatic carbocycles. The van der Waals surface area contributed by atoms with Gasteiger partial charge in [0.05, 0.1) is 9.26 Å². The van der Waals surface area contributed by atoms with Gasteiger partial charge in [-0.25, -0.2) is 18.4 Å². The van der Waals surface area contributed by atoms with Crippen molar-refractivity contribution in [3.05, 3.63) is 21.5 Å². The van der Waals surface area contributed by atoms with Gasteiger partial charge in [-0.05, 0) is 28.7 Å². The van der Waals surface area contributed by atoms with Crippen LogP contribution in [-0.2, 0) is 16.0 Å². The molecule has 1 rings (SSSR count). The van der Waals surface area contributed by atoms with Crippen LogP contribution in [0, 0.1) is 3.57 Å². The minimum Gasteiger partial charge on any atom is -0.221 e. The van der Waals surface area contributed by atoms with E-state index in [0.717, 1.165) is 12.3 Å². The summed E-state index contributed by atoms with van der Waals surface area (Å²) in [6.45, 7) is 3.28. The number of nitrogens with zero attached hydrogens (tertiary/aromatic N) is 2. The topological polar surface area (TPSA) is 59.9 Å². The molecule has 1 aromatic heterocycles. The second-order valence-corrected chi connectivity index (χ2v) is 6.02. The Morgan fingerprint density at radius 2 is 1.88 bits per heavy atom. The van der Waals surface area contributed by atoms with Crippen molar-refractivity contribution >= 4 is 38.5 Å². The van der Waals surface area contributed by atoms with Crippen LogP contribution in [0.5, 0.6) is 0 Å². The Hall–Kier alpha value is -0.710. The molecule has 17 heavy (non-hydrogen) atoms. The third-order valence-corrected chi connectivity index (χ3v) is 3.56. The van der Waals surface area contributed by atoms with Crippen LogP contribution in [0.3, 0.4) is 0 Å². The number of rotatable bonds is 2. The molecule has 4 nitrogen and oxygen atoms in total.